The lowest BCUT2D eigenvalue weighted by Gasteiger charge is -2.25. The van der Waals surface area contributed by atoms with Crippen LogP contribution in [0.2, 0.25) is 0 Å². The van der Waals surface area contributed by atoms with Crippen molar-refractivity contribution in [1.82, 2.24) is 9.97 Å². The summed E-state index contributed by atoms with van der Waals surface area (Å²) in [6.45, 7) is -2.46. The van der Waals surface area contributed by atoms with Crippen molar-refractivity contribution in [2.24, 2.45) is 0 Å². The Bertz CT molecular complexity index is 1680. The minimum Gasteiger partial charge on any atom is -0.550 e. The van der Waals surface area contributed by atoms with Gasteiger partial charge in [-0.25, -0.2) is 9.97 Å². The van der Waals surface area contributed by atoms with Crippen LogP contribution in [0.3, 0.4) is 0 Å². The quantitative estimate of drug-likeness (QED) is 0.0975. The lowest BCUT2D eigenvalue weighted by atomic mass is 10.0. The monoisotopic (exact) mass is 728 g/mol. The summed E-state index contributed by atoms with van der Waals surface area (Å²) in [5.41, 5.74) is -12.9. The number of aromatic nitrogens is 2. The van der Waals surface area contributed by atoms with Gasteiger partial charge < -0.3 is 23.7 Å². The SMILES string of the molecule is O=C([O-])CCCOc1cnc(N(Cc2cc(C(F)(F)F)cc(C(F)(F)F)c2)Cc2cc(C(F)(F)F)ccc2OS(=O)(=O)C(F)(F)F)nc1. The Labute approximate surface area is 261 Å². The molecule has 0 N–H and O–H groups in total. The largest absolute Gasteiger partial charge is 0.550 e. The molecule has 1 aromatic heterocycles. The number of aliphatic carboxylic acids is 1. The number of hydrogen-bond acceptors (Lipinski definition) is 9. The minimum absolute atomic E-state index is 0.0492. The van der Waals surface area contributed by atoms with Crippen LogP contribution in [0.1, 0.15) is 40.7 Å². The zero-order valence-electron chi connectivity index (χ0n) is 23.4. The second-order valence-corrected chi connectivity index (χ2v) is 11.2. The summed E-state index contributed by atoms with van der Waals surface area (Å²) < 4.78 is 193. The predicted octanol–water partition coefficient (Wildman–Crippen LogP) is 5.88. The summed E-state index contributed by atoms with van der Waals surface area (Å²) >= 11 is 0. The number of carbonyl (C=O) groups excluding carboxylic acids is 1. The van der Waals surface area contributed by atoms with Crippen LogP contribution in [0.25, 0.3) is 0 Å². The van der Waals surface area contributed by atoms with Gasteiger partial charge in [0.15, 0.2) is 5.75 Å². The van der Waals surface area contributed by atoms with Gasteiger partial charge in [-0.3, -0.25) is 0 Å². The molecule has 3 rings (SSSR count). The van der Waals surface area contributed by atoms with Crippen molar-refractivity contribution in [1.29, 1.82) is 0 Å². The number of carboxylic acids is 1. The average molecular weight is 728 g/mol. The lowest BCUT2D eigenvalue weighted by molar-refractivity contribution is -0.305. The maximum atomic E-state index is 13.5. The normalized spacial score (nSPS) is 12.9. The number of carboxylic acid groups (broad SMARTS) is 1. The van der Waals surface area contributed by atoms with Crippen LogP contribution in [-0.4, -0.2) is 36.5 Å². The van der Waals surface area contributed by atoms with E-state index >= 15 is 0 Å². The van der Waals surface area contributed by atoms with Crippen LogP contribution in [0.4, 0.5) is 58.6 Å². The van der Waals surface area contributed by atoms with E-state index in [0.717, 1.165) is 12.4 Å². The highest BCUT2D eigenvalue weighted by atomic mass is 32.2. The number of benzene rings is 2. The molecular weight excluding hydrogens is 710 g/mol. The minimum atomic E-state index is -6.49. The summed E-state index contributed by atoms with van der Waals surface area (Å²) in [6.07, 6.45) is -14.5. The van der Waals surface area contributed by atoms with Gasteiger partial charge in [-0.05, 0) is 54.8 Å². The molecule has 0 bridgehead atoms. The fourth-order valence-corrected chi connectivity index (χ4v) is 4.31. The van der Waals surface area contributed by atoms with Crippen molar-refractivity contribution in [3.8, 4) is 11.5 Å². The molecule has 48 heavy (non-hydrogen) atoms. The number of anilines is 1. The van der Waals surface area contributed by atoms with Gasteiger partial charge >= 0.3 is 34.2 Å². The van der Waals surface area contributed by atoms with Crippen molar-refractivity contribution in [2.45, 2.75) is 50.0 Å². The second kappa shape index (κ2) is 13.9. The van der Waals surface area contributed by atoms with E-state index in [1.165, 1.54) is 0 Å². The molecule has 22 heteroatoms. The number of nitrogens with zero attached hydrogens (tertiary/aromatic N) is 3. The fourth-order valence-electron chi connectivity index (χ4n) is 3.81. The topological polar surface area (TPSA) is 122 Å². The molecule has 0 unspecified atom stereocenters. The van der Waals surface area contributed by atoms with Gasteiger partial charge in [0, 0.05) is 24.6 Å². The van der Waals surface area contributed by atoms with Crippen LogP contribution >= 0.6 is 0 Å². The first-order valence-electron chi connectivity index (χ1n) is 12.8. The third-order valence-electron chi connectivity index (χ3n) is 5.94. The first kappa shape index (κ1) is 38.0. The average Bonchev–Trinajstić information content (AvgIpc) is 2.93. The van der Waals surface area contributed by atoms with E-state index < -0.39 is 99.2 Å². The molecule has 0 aliphatic carbocycles. The second-order valence-electron chi connectivity index (χ2n) is 9.62. The molecule has 264 valence electrons. The molecule has 0 radical (unpaired) electrons. The maximum absolute atomic E-state index is 13.5. The Balaban J connectivity index is 2.15. The highest BCUT2D eigenvalue weighted by molar-refractivity contribution is 7.88. The van der Waals surface area contributed by atoms with Gasteiger partial charge in [0.1, 0.15) is 5.75 Å². The Kier molecular flexibility index (Phi) is 11.0. The molecule has 1 heterocycles. The third-order valence-corrected chi connectivity index (χ3v) is 6.91. The highest BCUT2D eigenvalue weighted by Gasteiger charge is 2.49. The first-order chi connectivity index (χ1) is 21.9. The van der Waals surface area contributed by atoms with Gasteiger partial charge in [-0.1, -0.05) is 0 Å². The van der Waals surface area contributed by atoms with E-state index in [2.05, 4.69) is 14.2 Å². The van der Waals surface area contributed by atoms with E-state index in [-0.39, 0.29) is 55.2 Å². The molecule has 3 aromatic rings. The molecule has 0 aliphatic rings. The Hall–Kier alpha value is -4.50. The van der Waals surface area contributed by atoms with Crippen LogP contribution in [-0.2, 0) is 46.5 Å². The van der Waals surface area contributed by atoms with Crippen LogP contribution in [0.5, 0.6) is 11.5 Å². The summed E-state index contributed by atoms with van der Waals surface area (Å²) in [6, 6.07) is 0.841. The molecule has 0 amide bonds. The molecule has 2 aromatic carbocycles. The number of halogens is 12. The highest BCUT2D eigenvalue weighted by Crippen LogP contribution is 2.38. The van der Waals surface area contributed by atoms with Gasteiger partial charge in [0.25, 0.3) is 0 Å². The lowest BCUT2D eigenvalue weighted by Crippen LogP contribution is -2.29. The standard InChI is InChI=1S/C26H19F12N3O6S/c27-23(28,29)16-3-4-20(47-48(44,45)26(36,37)38)15(8-16)13-41(22-39-10-19(11-40-22)46-5-1-2-21(42)43)12-14-6-17(24(30,31)32)9-18(7-14)25(33,34)35/h3-4,6-11H,1-2,5,12-13H2,(H,42,43)/p-1. The zero-order chi connectivity index (χ0) is 36.3. The molecule has 0 saturated heterocycles. The Morgan fingerprint density at radius 1 is 0.771 bits per heavy atom. The van der Waals surface area contributed by atoms with Crippen molar-refractivity contribution in [3.05, 3.63) is 76.6 Å². The summed E-state index contributed by atoms with van der Waals surface area (Å²) in [5.74, 6) is -3.52. The number of ether oxygens (including phenoxy) is 1. The predicted molar refractivity (Wildman–Crippen MR) is 135 cm³/mol. The molecule has 0 saturated carbocycles. The van der Waals surface area contributed by atoms with Crippen LogP contribution in [0.15, 0.2) is 48.8 Å². The molecule has 0 spiro atoms. The van der Waals surface area contributed by atoms with E-state index in [0.29, 0.717) is 4.90 Å². The summed E-state index contributed by atoms with van der Waals surface area (Å²) in [7, 11) is -6.49. The smallest absolute Gasteiger partial charge is 0.534 e. The zero-order valence-corrected chi connectivity index (χ0v) is 24.2. The molecule has 0 aliphatic heterocycles. The van der Waals surface area contributed by atoms with Crippen LogP contribution < -0.4 is 18.9 Å². The summed E-state index contributed by atoms with van der Waals surface area (Å²) in [4.78, 5) is 18.7. The van der Waals surface area contributed by atoms with Crippen LogP contribution in [0, 0.1) is 0 Å². The summed E-state index contributed by atoms with van der Waals surface area (Å²) in [5, 5.41) is 10.5. The molecule has 0 fully saturated rings. The van der Waals surface area contributed by atoms with Gasteiger partial charge in [0.2, 0.25) is 5.95 Å². The fraction of sp³-hybridized carbons (Fsp3) is 0.346. The van der Waals surface area contributed by atoms with E-state index in [1.807, 2.05) is 0 Å². The molecular formula is C26H18F12N3O6S-. The van der Waals surface area contributed by atoms with Gasteiger partial charge in [-0.15, -0.1) is 0 Å². The van der Waals surface area contributed by atoms with Gasteiger partial charge in [0.05, 0.1) is 35.7 Å². The number of carbonyl (C=O) groups is 1. The van der Waals surface area contributed by atoms with E-state index in [9.17, 15) is 71.0 Å². The van der Waals surface area contributed by atoms with Gasteiger partial charge in [-0.2, -0.15) is 61.1 Å². The van der Waals surface area contributed by atoms with Crippen molar-refractivity contribution < 1.29 is 79.9 Å². The van der Waals surface area contributed by atoms with Crippen molar-refractivity contribution >= 4 is 22.0 Å². The maximum Gasteiger partial charge on any atom is 0.534 e. The molecule has 0 atom stereocenters. The van der Waals surface area contributed by atoms with Crippen molar-refractivity contribution in [2.75, 3.05) is 11.5 Å². The number of hydrogen-bond donors (Lipinski definition) is 0. The third kappa shape index (κ3) is 10.2. The Morgan fingerprint density at radius 2 is 1.31 bits per heavy atom. The molecule has 9 nitrogen and oxygen atoms in total. The first-order valence-corrected chi connectivity index (χ1v) is 14.2. The number of rotatable bonds is 12. The Morgan fingerprint density at radius 3 is 1.79 bits per heavy atom. The van der Waals surface area contributed by atoms with Crippen molar-refractivity contribution in [3.63, 3.8) is 0 Å². The van der Waals surface area contributed by atoms with E-state index in [1.54, 1.807) is 0 Å². The number of alkyl halides is 12. The van der Waals surface area contributed by atoms with E-state index in [4.69, 9.17) is 4.74 Å².